The molecule has 1 atom stereocenters. The van der Waals surface area contributed by atoms with Gasteiger partial charge in [0.1, 0.15) is 4.75 Å². The van der Waals surface area contributed by atoms with Crippen LogP contribution in [0.25, 0.3) is 0 Å². The first kappa shape index (κ1) is 16.2. The standard InChI is InChI=1S/C13H18BrNO3S/c1-9(10-5-7-11(14)8-6-10)15-12(16)13(2,3)19(4,17)18/h5-9H,1-4H3,(H,15,16). The fraction of sp³-hybridized carbons (Fsp3) is 0.462. The first-order chi connectivity index (χ1) is 8.55. The van der Waals surface area contributed by atoms with Crippen molar-refractivity contribution in [2.75, 3.05) is 6.26 Å². The van der Waals surface area contributed by atoms with Crippen LogP contribution in [-0.2, 0) is 14.6 Å². The molecule has 0 fully saturated rings. The predicted octanol–water partition coefficient (Wildman–Crippen LogP) is 2.45. The second-order valence-electron chi connectivity index (χ2n) is 5.03. The SMILES string of the molecule is CC(NC(=O)C(C)(C)S(C)(=O)=O)c1ccc(Br)cc1. The number of amides is 1. The van der Waals surface area contributed by atoms with Crippen LogP contribution in [0.3, 0.4) is 0 Å². The number of hydrogen-bond acceptors (Lipinski definition) is 3. The summed E-state index contributed by atoms with van der Waals surface area (Å²) in [5, 5.41) is 2.73. The number of benzene rings is 1. The summed E-state index contributed by atoms with van der Waals surface area (Å²) in [6.07, 6.45) is 1.07. The molecule has 0 bridgehead atoms. The van der Waals surface area contributed by atoms with E-state index in [1.165, 1.54) is 13.8 Å². The van der Waals surface area contributed by atoms with Gasteiger partial charge in [-0.15, -0.1) is 0 Å². The van der Waals surface area contributed by atoms with Crippen molar-refractivity contribution < 1.29 is 13.2 Å². The third kappa shape index (κ3) is 3.79. The molecule has 0 saturated heterocycles. The fourth-order valence-corrected chi connectivity index (χ4v) is 2.03. The van der Waals surface area contributed by atoms with Gasteiger partial charge in [0.25, 0.3) is 0 Å². The maximum absolute atomic E-state index is 12.1. The van der Waals surface area contributed by atoms with Crippen LogP contribution in [0, 0.1) is 0 Å². The number of sulfone groups is 1. The van der Waals surface area contributed by atoms with Gasteiger partial charge in [0, 0.05) is 10.7 Å². The van der Waals surface area contributed by atoms with E-state index in [4.69, 9.17) is 0 Å². The van der Waals surface area contributed by atoms with E-state index in [0.29, 0.717) is 0 Å². The van der Waals surface area contributed by atoms with Gasteiger partial charge < -0.3 is 5.32 Å². The van der Waals surface area contributed by atoms with Gasteiger partial charge in [-0.1, -0.05) is 28.1 Å². The molecular formula is C13H18BrNO3S. The van der Waals surface area contributed by atoms with Gasteiger partial charge in [-0.3, -0.25) is 4.79 Å². The Morgan fingerprint density at radius 1 is 1.26 bits per heavy atom. The molecule has 0 aliphatic heterocycles. The zero-order chi connectivity index (χ0) is 14.8. The topological polar surface area (TPSA) is 63.2 Å². The van der Waals surface area contributed by atoms with E-state index >= 15 is 0 Å². The number of rotatable bonds is 4. The van der Waals surface area contributed by atoms with E-state index in [-0.39, 0.29) is 6.04 Å². The quantitative estimate of drug-likeness (QED) is 0.909. The van der Waals surface area contributed by atoms with Crippen molar-refractivity contribution in [1.82, 2.24) is 5.32 Å². The molecule has 4 nitrogen and oxygen atoms in total. The molecule has 0 spiro atoms. The number of hydrogen-bond donors (Lipinski definition) is 1. The first-order valence-electron chi connectivity index (χ1n) is 5.81. The van der Waals surface area contributed by atoms with Crippen LogP contribution in [0.5, 0.6) is 0 Å². The highest BCUT2D eigenvalue weighted by Crippen LogP contribution is 2.20. The average Bonchev–Trinajstić information content (AvgIpc) is 2.28. The molecule has 1 aromatic rings. The summed E-state index contributed by atoms with van der Waals surface area (Å²) in [5.74, 6) is -0.495. The Morgan fingerprint density at radius 3 is 2.16 bits per heavy atom. The van der Waals surface area contributed by atoms with Crippen molar-refractivity contribution in [2.45, 2.75) is 31.6 Å². The normalized spacial score (nSPS) is 13.9. The molecule has 1 unspecified atom stereocenters. The van der Waals surface area contributed by atoms with Crippen LogP contribution in [0.4, 0.5) is 0 Å². The summed E-state index contributed by atoms with van der Waals surface area (Å²) in [7, 11) is -3.46. The minimum atomic E-state index is -3.46. The third-order valence-corrected chi connectivity index (χ3v) is 5.76. The van der Waals surface area contributed by atoms with E-state index in [1.54, 1.807) is 0 Å². The van der Waals surface area contributed by atoms with Crippen molar-refractivity contribution in [1.29, 1.82) is 0 Å². The number of carbonyl (C=O) groups excluding carboxylic acids is 1. The zero-order valence-corrected chi connectivity index (χ0v) is 13.8. The maximum Gasteiger partial charge on any atom is 0.241 e. The van der Waals surface area contributed by atoms with Crippen LogP contribution in [0.15, 0.2) is 28.7 Å². The summed E-state index contributed by atoms with van der Waals surface area (Å²) in [6.45, 7) is 4.64. The Labute approximate surface area is 122 Å². The highest BCUT2D eigenvalue weighted by molar-refractivity contribution is 9.10. The number of halogens is 1. The van der Waals surface area contributed by atoms with Crippen molar-refractivity contribution in [3.05, 3.63) is 34.3 Å². The fourth-order valence-electron chi connectivity index (χ4n) is 1.37. The highest BCUT2D eigenvalue weighted by Gasteiger charge is 2.38. The molecule has 0 aromatic heterocycles. The van der Waals surface area contributed by atoms with E-state index in [9.17, 15) is 13.2 Å². The second kappa shape index (κ2) is 5.63. The Bertz CT molecular complexity index is 564. The van der Waals surface area contributed by atoms with Gasteiger partial charge >= 0.3 is 0 Å². The maximum atomic E-state index is 12.1. The molecule has 106 valence electrons. The lowest BCUT2D eigenvalue weighted by Crippen LogP contribution is -2.48. The number of nitrogens with one attached hydrogen (secondary N) is 1. The van der Waals surface area contributed by atoms with Crippen molar-refractivity contribution in [3.63, 3.8) is 0 Å². The minimum absolute atomic E-state index is 0.248. The van der Waals surface area contributed by atoms with Gasteiger partial charge in [-0.2, -0.15) is 0 Å². The predicted molar refractivity (Wildman–Crippen MR) is 79.6 cm³/mol. The molecule has 1 rings (SSSR count). The molecule has 6 heteroatoms. The third-order valence-electron chi connectivity index (χ3n) is 3.19. The lowest BCUT2D eigenvalue weighted by atomic mass is 10.1. The molecule has 0 aliphatic carbocycles. The highest BCUT2D eigenvalue weighted by atomic mass is 79.9. The molecule has 0 saturated carbocycles. The monoisotopic (exact) mass is 347 g/mol. The van der Waals surface area contributed by atoms with Gasteiger partial charge in [0.2, 0.25) is 5.91 Å². The van der Waals surface area contributed by atoms with Crippen LogP contribution in [0.1, 0.15) is 32.4 Å². The summed E-state index contributed by atoms with van der Waals surface area (Å²) in [4.78, 5) is 12.1. The van der Waals surface area contributed by atoms with Gasteiger partial charge in [-0.05, 0) is 38.5 Å². The average molecular weight is 348 g/mol. The van der Waals surface area contributed by atoms with E-state index in [1.807, 2.05) is 31.2 Å². The second-order valence-corrected chi connectivity index (χ2v) is 8.51. The van der Waals surface area contributed by atoms with Crippen molar-refractivity contribution in [2.24, 2.45) is 0 Å². The molecular weight excluding hydrogens is 330 g/mol. The van der Waals surface area contributed by atoms with E-state index in [0.717, 1.165) is 16.3 Å². The zero-order valence-electron chi connectivity index (χ0n) is 11.4. The molecule has 1 N–H and O–H groups in total. The Morgan fingerprint density at radius 2 is 1.74 bits per heavy atom. The molecule has 1 amide bonds. The minimum Gasteiger partial charge on any atom is -0.348 e. The molecule has 0 aliphatic rings. The van der Waals surface area contributed by atoms with Gasteiger partial charge in [0.15, 0.2) is 9.84 Å². The summed E-state index contributed by atoms with van der Waals surface area (Å²) in [5.41, 5.74) is 0.917. The van der Waals surface area contributed by atoms with Crippen LogP contribution in [-0.4, -0.2) is 25.3 Å². The molecule has 0 heterocycles. The van der Waals surface area contributed by atoms with Crippen LogP contribution >= 0.6 is 15.9 Å². The van der Waals surface area contributed by atoms with Gasteiger partial charge in [-0.25, -0.2) is 8.42 Å². The van der Waals surface area contributed by atoms with E-state index in [2.05, 4.69) is 21.2 Å². The number of carbonyl (C=O) groups is 1. The Hall–Kier alpha value is -0.880. The largest absolute Gasteiger partial charge is 0.348 e. The summed E-state index contributed by atoms with van der Waals surface area (Å²) in [6, 6.07) is 7.26. The Kier molecular flexibility index (Phi) is 4.79. The van der Waals surface area contributed by atoms with Crippen LogP contribution < -0.4 is 5.32 Å². The lowest BCUT2D eigenvalue weighted by molar-refractivity contribution is -0.123. The molecule has 0 radical (unpaired) electrons. The Balaban J connectivity index is 2.86. The smallest absolute Gasteiger partial charge is 0.241 e. The van der Waals surface area contributed by atoms with E-state index < -0.39 is 20.5 Å². The molecule has 19 heavy (non-hydrogen) atoms. The lowest BCUT2D eigenvalue weighted by Gasteiger charge is -2.24. The van der Waals surface area contributed by atoms with Crippen LogP contribution in [0.2, 0.25) is 0 Å². The van der Waals surface area contributed by atoms with Gasteiger partial charge in [0.05, 0.1) is 6.04 Å². The first-order valence-corrected chi connectivity index (χ1v) is 8.50. The molecule has 1 aromatic carbocycles. The van der Waals surface area contributed by atoms with Crippen molar-refractivity contribution in [3.8, 4) is 0 Å². The summed E-state index contributed by atoms with van der Waals surface area (Å²) >= 11 is 3.34. The van der Waals surface area contributed by atoms with Crippen molar-refractivity contribution >= 4 is 31.7 Å². The summed E-state index contributed by atoms with van der Waals surface area (Å²) < 4.78 is 22.7.